The van der Waals surface area contributed by atoms with Crippen LogP contribution in [0.2, 0.25) is 5.02 Å². The van der Waals surface area contributed by atoms with Crippen molar-refractivity contribution in [2.75, 3.05) is 0 Å². The second-order valence-electron chi connectivity index (χ2n) is 3.96. The molecule has 0 N–H and O–H groups in total. The highest BCUT2D eigenvalue weighted by Gasteiger charge is 2.20. The molecule has 0 unspecified atom stereocenters. The Morgan fingerprint density at radius 2 is 2.00 bits per heavy atom. The van der Waals surface area contributed by atoms with Crippen molar-refractivity contribution in [3.63, 3.8) is 0 Å². The molecule has 0 fully saturated rings. The van der Waals surface area contributed by atoms with Crippen LogP contribution in [0.5, 0.6) is 5.75 Å². The summed E-state index contributed by atoms with van der Waals surface area (Å²) < 4.78 is 32.6. The number of hydrogen-bond donors (Lipinski definition) is 0. The highest BCUT2D eigenvalue weighted by Crippen LogP contribution is 2.35. The Morgan fingerprint density at radius 3 is 2.67 bits per heavy atom. The maximum atomic E-state index is 13.8. The van der Waals surface area contributed by atoms with E-state index in [2.05, 4.69) is 15.9 Å². The molecular formula is C13H7BrClF2NO3. The second-order valence-corrected chi connectivity index (χ2v) is 5.22. The molecule has 0 heterocycles. The van der Waals surface area contributed by atoms with E-state index in [4.69, 9.17) is 16.3 Å². The lowest BCUT2D eigenvalue weighted by Crippen LogP contribution is -2.04. The van der Waals surface area contributed by atoms with E-state index in [0.717, 1.165) is 6.07 Å². The Labute approximate surface area is 131 Å². The monoisotopic (exact) mass is 377 g/mol. The number of nitrogens with zero attached hydrogens (tertiary/aromatic N) is 1. The first-order valence-electron chi connectivity index (χ1n) is 5.60. The van der Waals surface area contributed by atoms with Gasteiger partial charge in [0.25, 0.3) is 0 Å². The van der Waals surface area contributed by atoms with Gasteiger partial charge in [-0.15, -0.1) is 0 Å². The molecule has 0 aliphatic heterocycles. The second kappa shape index (κ2) is 6.36. The highest BCUT2D eigenvalue weighted by molar-refractivity contribution is 9.10. The van der Waals surface area contributed by atoms with E-state index >= 15 is 0 Å². The molecule has 21 heavy (non-hydrogen) atoms. The van der Waals surface area contributed by atoms with Crippen LogP contribution in [0.25, 0.3) is 0 Å². The lowest BCUT2D eigenvalue weighted by molar-refractivity contribution is -0.385. The maximum Gasteiger partial charge on any atom is 0.312 e. The van der Waals surface area contributed by atoms with E-state index in [1.54, 1.807) is 0 Å². The normalized spacial score (nSPS) is 10.5. The summed E-state index contributed by atoms with van der Waals surface area (Å²) in [6, 6.07) is 6.24. The fourth-order valence-electron chi connectivity index (χ4n) is 1.63. The van der Waals surface area contributed by atoms with E-state index in [1.165, 1.54) is 24.3 Å². The summed E-state index contributed by atoms with van der Waals surface area (Å²) in [4.78, 5) is 10.2. The van der Waals surface area contributed by atoms with Gasteiger partial charge in [0, 0.05) is 6.07 Å². The van der Waals surface area contributed by atoms with Crippen LogP contribution in [0.1, 0.15) is 5.56 Å². The van der Waals surface area contributed by atoms with Crippen molar-refractivity contribution >= 4 is 33.2 Å². The molecular weight excluding hydrogens is 371 g/mol. The molecule has 0 aliphatic carbocycles. The van der Waals surface area contributed by atoms with Crippen molar-refractivity contribution in [3.8, 4) is 5.75 Å². The summed E-state index contributed by atoms with van der Waals surface area (Å²) in [7, 11) is 0. The summed E-state index contributed by atoms with van der Waals surface area (Å²) in [6.45, 7) is -0.526. The summed E-state index contributed by atoms with van der Waals surface area (Å²) in [5, 5.41) is 10.9. The van der Waals surface area contributed by atoms with Crippen LogP contribution >= 0.6 is 27.5 Å². The van der Waals surface area contributed by atoms with Crippen molar-refractivity contribution in [3.05, 3.63) is 67.1 Å². The Kier molecular flexibility index (Phi) is 4.74. The van der Waals surface area contributed by atoms with Crippen LogP contribution in [0.4, 0.5) is 14.5 Å². The Hall–Kier alpha value is -1.73. The van der Waals surface area contributed by atoms with Gasteiger partial charge in [-0.25, -0.2) is 8.78 Å². The number of ether oxygens (including phenoxy) is 1. The number of benzene rings is 2. The van der Waals surface area contributed by atoms with Gasteiger partial charge in [0.15, 0.2) is 0 Å². The lowest BCUT2D eigenvalue weighted by atomic mass is 10.2. The third-order valence-electron chi connectivity index (χ3n) is 2.64. The van der Waals surface area contributed by atoms with Gasteiger partial charge >= 0.3 is 5.69 Å². The number of nitro groups is 1. The molecule has 8 heteroatoms. The zero-order valence-electron chi connectivity index (χ0n) is 10.3. The van der Waals surface area contributed by atoms with Gasteiger partial charge in [-0.1, -0.05) is 17.7 Å². The van der Waals surface area contributed by atoms with Gasteiger partial charge < -0.3 is 4.74 Å². The van der Waals surface area contributed by atoms with E-state index in [-0.39, 0.29) is 26.5 Å². The molecule has 0 aliphatic rings. The molecule has 0 saturated heterocycles. The van der Waals surface area contributed by atoms with Gasteiger partial charge in [0.05, 0.1) is 20.0 Å². The largest absolute Gasteiger partial charge is 0.481 e. The van der Waals surface area contributed by atoms with Crippen molar-refractivity contribution in [2.24, 2.45) is 0 Å². The minimum atomic E-state index is -0.829. The van der Waals surface area contributed by atoms with Crippen LogP contribution in [0.3, 0.4) is 0 Å². The fourth-order valence-corrected chi connectivity index (χ4v) is 2.23. The number of para-hydroxylation sites is 1. The van der Waals surface area contributed by atoms with Gasteiger partial charge in [-0.2, -0.15) is 0 Å². The first kappa shape index (κ1) is 15.7. The quantitative estimate of drug-likeness (QED) is 0.433. The van der Waals surface area contributed by atoms with Gasteiger partial charge in [0.2, 0.25) is 5.75 Å². The first-order chi connectivity index (χ1) is 9.91. The van der Waals surface area contributed by atoms with Crippen LogP contribution in [0, 0.1) is 21.7 Å². The minimum absolute atomic E-state index is 0.0139. The third kappa shape index (κ3) is 3.30. The fraction of sp³-hybridized carbons (Fsp3) is 0.0769. The van der Waals surface area contributed by atoms with Crippen molar-refractivity contribution in [1.82, 2.24) is 0 Å². The smallest absolute Gasteiger partial charge is 0.312 e. The van der Waals surface area contributed by atoms with Crippen LogP contribution in [-0.4, -0.2) is 4.92 Å². The zero-order chi connectivity index (χ0) is 15.6. The summed E-state index contributed by atoms with van der Waals surface area (Å²) >= 11 is 8.75. The van der Waals surface area contributed by atoms with Crippen molar-refractivity contribution < 1.29 is 18.4 Å². The predicted molar refractivity (Wildman–Crippen MR) is 76.5 cm³/mol. The molecule has 2 aromatic rings. The molecule has 0 spiro atoms. The van der Waals surface area contributed by atoms with Gasteiger partial charge in [-0.05, 0) is 34.1 Å². The first-order valence-corrected chi connectivity index (χ1v) is 6.77. The molecule has 2 aromatic carbocycles. The average Bonchev–Trinajstić information content (AvgIpc) is 2.44. The number of hydrogen-bond acceptors (Lipinski definition) is 3. The van der Waals surface area contributed by atoms with E-state index < -0.39 is 23.2 Å². The Balaban J connectivity index is 2.34. The van der Waals surface area contributed by atoms with Crippen LogP contribution in [0.15, 0.2) is 34.8 Å². The Morgan fingerprint density at radius 1 is 1.29 bits per heavy atom. The van der Waals surface area contributed by atoms with E-state index in [1.807, 2.05) is 0 Å². The van der Waals surface area contributed by atoms with E-state index in [0.29, 0.717) is 0 Å². The highest BCUT2D eigenvalue weighted by atomic mass is 79.9. The third-order valence-corrected chi connectivity index (χ3v) is 3.55. The number of nitro benzene ring substituents is 1. The van der Waals surface area contributed by atoms with Gasteiger partial charge in [-0.3, -0.25) is 10.1 Å². The van der Waals surface area contributed by atoms with Crippen LogP contribution < -0.4 is 4.74 Å². The minimum Gasteiger partial charge on any atom is -0.481 e. The zero-order valence-corrected chi connectivity index (χ0v) is 12.6. The van der Waals surface area contributed by atoms with E-state index in [9.17, 15) is 18.9 Å². The molecule has 0 amide bonds. The molecule has 0 saturated carbocycles. The molecule has 4 nitrogen and oxygen atoms in total. The maximum absolute atomic E-state index is 13.8. The topological polar surface area (TPSA) is 52.4 Å². The summed E-state index contributed by atoms with van der Waals surface area (Å²) in [5.74, 6) is -1.88. The van der Waals surface area contributed by atoms with Gasteiger partial charge in [0.1, 0.15) is 18.2 Å². The summed E-state index contributed by atoms with van der Waals surface area (Å²) in [6.07, 6.45) is 0. The van der Waals surface area contributed by atoms with Crippen molar-refractivity contribution in [2.45, 2.75) is 6.61 Å². The number of rotatable bonds is 4. The average molecular weight is 379 g/mol. The molecule has 0 atom stereocenters. The molecule has 0 radical (unpaired) electrons. The lowest BCUT2D eigenvalue weighted by Gasteiger charge is -2.10. The van der Waals surface area contributed by atoms with Crippen LogP contribution in [-0.2, 0) is 6.61 Å². The SMILES string of the molecule is O=[N+]([O-])c1cccc(Cl)c1OCc1c(F)ccc(Br)c1F. The molecule has 0 bridgehead atoms. The number of halogens is 4. The Bertz CT molecular complexity index is 712. The molecule has 0 aromatic heterocycles. The predicted octanol–water partition coefficient (Wildman–Crippen LogP) is 4.87. The standard InChI is InChI=1S/C13H7BrClF2NO3/c14-8-4-5-10(16)7(12(8)17)6-21-13-9(15)2-1-3-11(13)18(19)20/h1-5H,6H2. The molecule has 2 rings (SSSR count). The van der Waals surface area contributed by atoms with Crippen molar-refractivity contribution in [1.29, 1.82) is 0 Å². The summed E-state index contributed by atoms with van der Waals surface area (Å²) in [5.41, 5.74) is -0.725. The molecule has 110 valence electrons.